The summed E-state index contributed by atoms with van der Waals surface area (Å²) >= 11 is 0. The Hall–Kier alpha value is -1.99. The zero-order chi connectivity index (χ0) is 15.9. The van der Waals surface area contributed by atoms with Gasteiger partial charge in [0.15, 0.2) is 0 Å². The molecule has 2 saturated heterocycles. The lowest BCUT2D eigenvalue weighted by molar-refractivity contribution is -0.136. The number of nitrogens with zero attached hydrogens (tertiary/aromatic N) is 2. The number of nitrogens with one attached hydrogen (secondary N) is 2. The number of likely N-dealkylation sites (tertiary alicyclic amines) is 2. The number of hydrogen-bond donors (Lipinski definition) is 3. The van der Waals surface area contributed by atoms with E-state index in [0.29, 0.717) is 6.54 Å². The van der Waals surface area contributed by atoms with Crippen LogP contribution in [0.5, 0.6) is 0 Å². The quantitative estimate of drug-likeness (QED) is 0.701. The van der Waals surface area contributed by atoms with Crippen molar-refractivity contribution in [1.29, 1.82) is 0 Å². The molecule has 0 spiro atoms. The summed E-state index contributed by atoms with van der Waals surface area (Å²) in [6.45, 7) is 2.99. The first-order valence-corrected chi connectivity index (χ1v) is 7.86. The van der Waals surface area contributed by atoms with Gasteiger partial charge in [-0.2, -0.15) is 0 Å². The number of carbonyl (C=O) groups excluding carboxylic acids is 2. The molecule has 2 heterocycles. The van der Waals surface area contributed by atoms with Crippen molar-refractivity contribution in [3.05, 3.63) is 0 Å². The van der Waals surface area contributed by atoms with Gasteiger partial charge in [0, 0.05) is 38.8 Å². The van der Waals surface area contributed by atoms with Crippen LogP contribution in [-0.2, 0) is 4.79 Å². The number of amides is 4. The third-order valence-electron chi connectivity index (χ3n) is 4.03. The average molecular weight is 312 g/mol. The fraction of sp³-hybridized carbons (Fsp3) is 0.786. The van der Waals surface area contributed by atoms with Crippen molar-refractivity contribution in [1.82, 2.24) is 20.4 Å². The Labute approximate surface area is 129 Å². The molecule has 0 radical (unpaired) electrons. The lowest BCUT2D eigenvalue weighted by atomic mass is 10.1. The van der Waals surface area contributed by atoms with Crippen molar-refractivity contribution in [2.24, 2.45) is 0 Å². The average Bonchev–Trinajstić information content (AvgIpc) is 3.00. The third kappa shape index (κ3) is 4.78. The molecule has 8 heteroatoms. The molecule has 2 aliphatic heterocycles. The van der Waals surface area contributed by atoms with E-state index in [2.05, 4.69) is 10.6 Å². The van der Waals surface area contributed by atoms with Crippen LogP contribution in [0.2, 0.25) is 0 Å². The molecule has 0 aromatic carbocycles. The molecular weight excluding hydrogens is 288 g/mol. The number of carboxylic acids is 1. The van der Waals surface area contributed by atoms with Crippen molar-refractivity contribution in [2.75, 3.05) is 32.7 Å². The standard InChI is InChI=1S/C14H24N4O4/c19-12(20)5-6-15-13(21)16-11-4-3-9-18(10-11)14(22)17-7-1-2-8-17/h11H,1-10H2,(H,19,20)(H2,15,16,21). The third-order valence-corrected chi connectivity index (χ3v) is 4.03. The first-order chi connectivity index (χ1) is 10.6. The van der Waals surface area contributed by atoms with Gasteiger partial charge in [0.25, 0.3) is 0 Å². The minimum absolute atomic E-state index is 0.0651. The van der Waals surface area contributed by atoms with E-state index in [1.807, 2.05) is 4.90 Å². The van der Waals surface area contributed by atoms with Crippen LogP contribution >= 0.6 is 0 Å². The lowest BCUT2D eigenvalue weighted by Gasteiger charge is -2.35. The number of rotatable bonds is 4. The summed E-state index contributed by atoms with van der Waals surface area (Å²) in [6, 6.07) is -0.387. The molecule has 0 aromatic rings. The van der Waals surface area contributed by atoms with E-state index in [1.165, 1.54) is 0 Å². The molecule has 0 aromatic heterocycles. The van der Waals surface area contributed by atoms with Crippen molar-refractivity contribution in [3.63, 3.8) is 0 Å². The van der Waals surface area contributed by atoms with Crippen molar-refractivity contribution in [2.45, 2.75) is 38.1 Å². The van der Waals surface area contributed by atoms with Crippen LogP contribution in [0.25, 0.3) is 0 Å². The number of aliphatic carboxylic acids is 1. The van der Waals surface area contributed by atoms with Gasteiger partial charge in [0.2, 0.25) is 0 Å². The molecule has 2 rings (SSSR count). The Bertz CT molecular complexity index is 423. The van der Waals surface area contributed by atoms with Crippen LogP contribution in [0.3, 0.4) is 0 Å². The maximum Gasteiger partial charge on any atom is 0.320 e. The Morgan fingerprint density at radius 1 is 1.05 bits per heavy atom. The summed E-state index contributed by atoms with van der Waals surface area (Å²) in [5.74, 6) is -0.944. The number of hydrogen-bond acceptors (Lipinski definition) is 3. The molecule has 1 unspecified atom stereocenters. The Morgan fingerprint density at radius 2 is 1.73 bits per heavy atom. The van der Waals surface area contributed by atoms with Gasteiger partial charge in [-0.05, 0) is 25.7 Å². The number of carboxylic acid groups (broad SMARTS) is 1. The molecule has 2 fully saturated rings. The van der Waals surface area contributed by atoms with Gasteiger partial charge in [0.1, 0.15) is 0 Å². The van der Waals surface area contributed by atoms with Gasteiger partial charge in [0.05, 0.1) is 6.42 Å². The molecule has 124 valence electrons. The van der Waals surface area contributed by atoms with Crippen LogP contribution < -0.4 is 10.6 Å². The molecule has 3 N–H and O–H groups in total. The predicted octanol–water partition coefficient (Wildman–Crippen LogP) is 0.441. The molecule has 2 aliphatic rings. The molecule has 0 aliphatic carbocycles. The molecule has 8 nitrogen and oxygen atoms in total. The summed E-state index contributed by atoms with van der Waals surface area (Å²) in [7, 11) is 0. The highest BCUT2D eigenvalue weighted by Crippen LogP contribution is 2.15. The fourth-order valence-electron chi connectivity index (χ4n) is 2.90. The minimum Gasteiger partial charge on any atom is -0.481 e. The van der Waals surface area contributed by atoms with Gasteiger partial charge in [-0.25, -0.2) is 9.59 Å². The normalized spacial score (nSPS) is 21.5. The minimum atomic E-state index is -0.944. The van der Waals surface area contributed by atoms with Gasteiger partial charge in [-0.1, -0.05) is 0 Å². The first-order valence-electron chi connectivity index (χ1n) is 7.86. The monoisotopic (exact) mass is 312 g/mol. The SMILES string of the molecule is O=C(O)CCNC(=O)NC1CCCN(C(=O)N2CCCC2)C1. The number of piperidine rings is 1. The zero-order valence-electron chi connectivity index (χ0n) is 12.7. The second-order valence-electron chi connectivity index (χ2n) is 5.81. The summed E-state index contributed by atoms with van der Waals surface area (Å²) in [5.41, 5.74) is 0. The van der Waals surface area contributed by atoms with E-state index in [0.717, 1.165) is 45.3 Å². The second kappa shape index (κ2) is 7.86. The van der Waals surface area contributed by atoms with Gasteiger partial charge < -0.3 is 25.5 Å². The molecular formula is C14H24N4O4. The van der Waals surface area contributed by atoms with E-state index in [4.69, 9.17) is 5.11 Å². The van der Waals surface area contributed by atoms with E-state index in [1.54, 1.807) is 4.90 Å². The highest BCUT2D eigenvalue weighted by atomic mass is 16.4. The molecule has 4 amide bonds. The van der Waals surface area contributed by atoms with E-state index in [9.17, 15) is 14.4 Å². The van der Waals surface area contributed by atoms with E-state index >= 15 is 0 Å². The summed E-state index contributed by atoms with van der Waals surface area (Å²) in [6.07, 6.45) is 3.72. The second-order valence-corrected chi connectivity index (χ2v) is 5.81. The number of carbonyl (C=O) groups is 3. The van der Waals surface area contributed by atoms with Crippen molar-refractivity contribution >= 4 is 18.0 Å². The maximum absolute atomic E-state index is 12.3. The van der Waals surface area contributed by atoms with E-state index in [-0.39, 0.29) is 31.1 Å². The summed E-state index contributed by atoms with van der Waals surface area (Å²) in [4.78, 5) is 38.1. The van der Waals surface area contributed by atoms with Crippen molar-refractivity contribution in [3.8, 4) is 0 Å². The highest BCUT2D eigenvalue weighted by molar-refractivity contribution is 5.76. The largest absolute Gasteiger partial charge is 0.481 e. The van der Waals surface area contributed by atoms with Crippen LogP contribution in [-0.4, -0.2) is 71.7 Å². The smallest absolute Gasteiger partial charge is 0.320 e. The molecule has 1 atom stereocenters. The topological polar surface area (TPSA) is 102 Å². The lowest BCUT2D eigenvalue weighted by Crippen LogP contribution is -2.54. The Morgan fingerprint density at radius 3 is 2.41 bits per heavy atom. The Kier molecular flexibility index (Phi) is 5.85. The van der Waals surface area contributed by atoms with Crippen molar-refractivity contribution < 1.29 is 19.5 Å². The summed E-state index contributed by atoms with van der Waals surface area (Å²) in [5, 5.41) is 13.9. The Balaban J connectivity index is 1.74. The van der Waals surface area contributed by atoms with Gasteiger partial charge in [-0.3, -0.25) is 4.79 Å². The van der Waals surface area contributed by atoms with Crippen LogP contribution in [0, 0.1) is 0 Å². The van der Waals surface area contributed by atoms with Crippen LogP contribution in [0.4, 0.5) is 9.59 Å². The maximum atomic E-state index is 12.3. The molecule has 0 saturated carbocycles. The zero-order valence-corrected chi connectivity index (χ0v) is 12.7. The molecule has 22 heavy (non-hydrogen) atoms. The van der Waals surface area contributed by atoms with Crippen LogP contribution in [0.15, 0.2) is 0 Å². The highest BCUT2D eigenvalue weighted by Gasteiger charge is 2.28. The van der Waals surface area contributed by atoms with Gasteiger partial charge >= 0.3 is 18.0 Å². The van der Waals surface area contributed by atoms with E-state index < -0.39 is 5.97 Å². The van der Waals surface area contributed by atoms with Crippen LogP contribution in [0.1, 0.15) is 32.1 Å². The predicted molar refractivity (Wildman–Crippen MR) is 79.6 cm³/mol. The number of urea groups is 2. The summed E-state index contributed by atoms with van der Waals surface area (Å²) < 4.78 is 0. The first kappa shape index (κ1) is 16.4. The fourth-order valence-corrected chi connectivity index (χ4v) is 2.90. The van der Waals surface area contributed by atoms with Gasteiger partial charge in [-0.15, -0.1) is 0 Å². The molecule has 0 bridgehead atoms.